The molecule has 0 aromatic carbocycles. The third kappa shape index (κ3) is 3.66. The van der Waals surface area contributed by atoms with Crippen molar-refractivity contribution in [2.75, 3.05) is 11.9 Å². The van der Waals surface area contributed by atoms with Gasteiger partial charge in [-0.1, -0.05) is 0 Å². The van der Waals surface area contributed by atoms with E-state index in [9.17, 15) is 14.4 Å². The van der Waals surface area contributed by atoms with Crippen LogP contribution in [-0.2, 0) is 4.79 Å². The number of carbonyl (C=O) groups excluding carboxylic acids is 1. The van der Waals surface area contributed by atoms with Gasteiger partial charge < -0.3 is 9.73 Å². The van der Waals surface area contributed by atoms with Gasteiger partial charge in [-0.2, -0.15) is 5.10 Å². The molecule has 0 saturated heterocycles. The van der Waals surface area contributed by atoms with Crippen LogP contribution in [0.15, 0.2) is 37.5 Å². The van der Waals surface area contributed by atoms with Crippen LogP contribution in [-0.4, -0.2) is 33.8 Å². The normalized spacial score (nSPS) is 10.6. The van der Waals surface area contributed by atoms with Crippen molar-refractivity contribution in [3.8, 4) is 0 Å². The second-order valence-electron chi connectivity index (χ2n) is 3.52. The number of aromatic amines is 2. The molecule has 0 aliphatic rings. The van der Waals surface area contributed by atoms with Crippen LogP contribution in [0.3, 0.4) is 0 Å². The van der Waals surface area contributed by atoms with E-state index < -0.39 is 17.2 Å². The van der Waals surface area contributed by atoms with E-state index in [2.05, 4.69) is 20.9 Å². The topological polar surface area (TPSA) is 145 Å². The monoisotopic (exact) mass is 278 g/mol. The zero-order valence-electron chi connectivity index (χ0n) is 10.0. The van der Waals surface area contributed by atoms with Crippen LogP contribution < -0.4 is 22.0 Å². The molecule has 0 bridgehead atoms. The van der Waals surface area contributed by atoms with Crippen LogP contribution in [0.5, 0.6) is 0 Å². The van der Waals surface area contributed by atoms with E-state index >= 15 is 0 Å². The summed E-state index contributed by atoms with van der Waals surface area (Å²) in [5, 5.41) is 11.6. The third-order valence-corrected chi connectivity index (χ3v) is 2.05. The van der Waals surface area contributed by atoms with E-state index in [1.165, 1.54) is 12.5 Å². The summed E-state index contributed by atoms with van der Waals surface area (Å²) >= 11 is 0. The van der Waals surface area contributed by atoms with Crippen molar-refractivity contribution in [1.29, 1.82) is 0 Å². The lowest BCUT2D eigenvalue weighted by Gasteiger charge is -2.01. The summed E-state index contributed by atoms with van der Waals surface area (Å²) in [7, 11) is 0. The predicted molar refractivity (Wildman–Crippen MR) is 68.4 cm³/mol. The molecule has 2 aromatic rings. The van der Waals surface area contributed by atoms with Crippen molar-refractivity contribution in [3.05, 3.63) is 45.0 Å². The van der Waals surface area contributed by atoms with Gasteiger partial charge in [0.2, 0.25) is 5.82 Å². The van der Waals surface area contributed by atoms with Crippen LogP contribution in [0.2, 0.25) is 0 Å². The number of carbonyl (C=O) groups is 1. The van der Waals surface area contributed by atoms with Gasteiger partial charge in [0, 0.05) is 0 Å². The molecule has 0 spiro atoms. The maximum Gasteiger partial charge on any atom is 0.342 e. The minimum Gasteiger partial charge on any atom is -0.463 e. The van der Waals surface area contributed by atoms with Crippen LogP contribution in [0.4, 0.5) is 5.82 Å². The standard InChI is InChI=1S/C10H10N6O4/c17-7(14-12-4-6-2-1-3-20-6)5-11-8-9(18)13-10(19)16-15-8/h1-4H,5H2,(H,11,15)(H,14,17)(H2,13,16,18,19). The number of nitrogens with one attached hydrogen (secondary N) is 4. The van der Waals surface area contributed by atoms with Gasteiger partial charge in [-0.05, 0) is 12.1 Å². The van der Waals surface area contributed by atoms with Gasteiger partial charge in [0.1, 0.15) is 5.76 Å². The number of hydrazone groups is 1. The Kier molecular flexibility index (Phi) is 4.07. The number of hydrogen-bond donors (Lipinski definition) is 4. The minimum absolute atomic E-state index is 0.172. The molecule has 2 rings (SSSR count). The first-order valence-electron chi connectivity index (χ1n) is 5.43. The molecule has 0 atom stereocenters. The zero-order chi connectivity index (χ0) is 14.4. The molecule has 4 N–H and O–H groups in total. The maximum absolute atomic E-state index is 11.4. The summed E-state index contributed by atoms with van der Waals surface area (Å²) in [5.74, 6) is -0.188. The molecular formula is C10H10N6O4. The summed E-state index contributed by atoms with van der Waals surface area (Å²) in [4.78, 5) is 35.3. The van der Waals surface area contributed by atoms with E-state index in [1.54, 1.807) is 12.1 Å². The maximum atomic E-state index is 11.4. The van der Waals surface area contributed by atoms with Gasteiger partial charge in [-0.3, -0.25) is 14.6 Å². The third-order valence-electron chi connectivity index (χ3n) is 2.05. The second kappa shape index (κ2) is 6.13. The number of furan rings is 1. The van der Waals surface area contributed by atoms with Crippen LogP contribution >= 0.6 is 0 Å². The molecule has 104 valence electrons. The summed E-state index contributed by atoms with van der Waals surface area (Å²) < 4.78 is 4.97. The molecule has 2 aromatic heterocycles. The van der Waals surface area contributed by atoms with Gasteiger partial charge in [-0.15, -0.1) is 5.10 Å². The Labute approximate surface area is 110 Å². The Morgan fingerprint density at radius 3 is 3.05 bits per heavy atom. The van der Waals surface area contributed by atoms with Gasteiger partial charge in [-0.25, -0.2) is 15.3 Å². The lowest BCUT2D eigenvalue weighted by Crippen LogP contribution is -2.31. The van der Waals surface area contributed by atoms with Crippen molar-refractivity contribution in [3.63, 3.8) is 0 Å². The van der Waals surface area contributed by atoms with E-state index in [0.29, 0.717) is 5.76 Å². The van der Waals surface area contributed by atoms with Gasteiger partial charge in [0.15, 0.2) is 0 Å². The van der Waals surface area contributed by atoms with Gasteiger partial charge in [0.25, 0.3) is 11.5 Å². The van der Waals surface area contributed by atoms with Crippen molar-refractivity contribution in [2.45, 2.75) is 0 Å². The average Bonchev–Trinajstić information content (AvgIpc) is 2.91. The zero-order valence-corrected chi connectivity index (χ0v) is 10.0. The minimum atomic E-state index is -0.729. The molecule has 0 radical (unpaired) electrons. The lowest BCUT2D eigenvalue weighted by atomic mass is 10.5. The molecule has 10 heteroatoms. The highest BCUT2D eigenvalue weighted by atomic mass is 16.3. The second-order valence-corrected chi connectivity index (χ2v) is 3.52. The van der Waals surface area contributed by atoms with Crippen LogP contribution in [0, 0.1) is 0 Å². The fourth-order valence-corrected chi connectivity index (χ4v) is 1.20. The molecule has 0 fully saturated rings. The van der Waals surface area contributed by atoms with E-state index in [4.69, 9.17) is 4.42 Å². The van der Waals surface area contributed by atoms with Crippen LogP contribution in [0.1, 0.15) is 5.76 Å². The fraction of sp³-hybridized carbons (Fsp3) is 0.100. The van der Waals surface area contributed by atoms with Crippen LogP contribution in [0.25, 0.3) is 0 Å². The van der Waals surface area contributed by atoms with E-state index in [-0.39, 0.29) is 12.4 Å². The molecule has 0 aliphatic heterocycles. The highest BCUT2D eigenvalue weighted by molar-refractivity contribution is 5.82. The quantitative estimate of drug-likeness (QED) is 0.391. The lowest BCUT2D eigenvalue weighted by molar-refractivity contribution is -0.119. The Balaban J connectivity index is 1.83. The van der Waals surface area contributed by atoms with Crippen molar-refractivity contribution < 1.29 is 9.21 Å². The SMILES string of the molecule is O=C(CNc1n[nH]c(=O)[nH]c1=O)NN=Cc1ccco1. The number of H-pyrrole nitrogens is 2. The highest BCUT2D eigenvalue weighted by Crippen LogP contribution is 1.94. The van der Waals surface area contributed by atoms with Crippen molar-refractivity contribution in [1.82, 2.24) is 20.6 Å². The molecule has 0 aliphatic carbocycles. The number of anilines is 1. The Bertz CT molecular complexity index is 714. The van der Waals surface area contributed by atoms with Gasteiger partial charge >= 0.3 is 5.69 Å². The number of amides is 1. The fourth-order valence-electron chi connectivity index (χ4n) is 1.20. The van der Waals surface area contributed by atoms with Gasteiger partial charge in [0.05, 0.1) is 19.0 Å². The first kappa shape index (κ1) is 13.3. The Morgan fingerprint density at radius 2 is 2.35 bits per heavy atom. The molecule has 10 nitrogen and oxygen atoms in total. The number of rotatable bonds is 5. The molecule has 20 heavy (non-hydrogen) atoms. The smallest absolute Gasteiger partial charge is 0.342 e. The summed E-state index contributed by atoms with van der Waals surface area (Å²) in [6.07, 6.45) is 2.79. The molecule has 0 unspecified atom stereocenters. The first-order chi connectivity index (χ1) is 9.65. The molecule has 0 saturated carbocycles. The number of hydrogen-bond acceptors (Lipinski definition) is 7. The Morgan fingerprint density at radius 1 is 1.50 bits per heavy atom. The van der Waals surface area contributed by atoms with E-state index in [1.807, 2.05) is 10.1 Å². The molecule has 2 heterocycles. The molecular weight excluding hydrogens is 268 g/mol. The largest absolute Gasteiger partial charge is 0.463 e. The summed E-state index contributed by atoms with van der Waals surface area (Å²) in [6.45, 7) is -0.238. The number of nitrogens with zero attached hydrogens (tertiary/aromatic N) is 2. The average molecular weight is 278 g/mol. The van der Waals surface area contributed by atoms with Crippen molar-refractivity contribution >= 4 is 17.9 Å². The number of aromatic nitrogens is 3. The highest BCUT2D eigenvalue weighted by Gasteiger charge is 2.04. The summed E-state index contributed by atoms with van der Waals surface area (Å²) in [6, 6.07) is 3.34. The molecule has 1 amide bonds. The van der Waals surface area contributed by atoms with E-state index in [0.717, 1.165) is 0 Å². The Hall–Kier alpha value is -3.17. The van der Waals surface area contributed by atoms with Crippen molar-refractivity contribution in [2.24, 2.45) is 5.10 Å². The first-order valence-corrected chi connectivity index (χ1v) is 5.43. The predicted octanol–water partition coefficient (Wildman–Crippen LogP) is -1.39. The summed E-state index contributed by atoms with van der Waals surface area (Å²) in [5.41, 5.74) is 0.768.